The normalized spacial score (nSPS) is 28.1. The molecule has 0 radical (unpaired) electrons. The van der Waals surface area contributed by atoms with Gasteiger partial charge in [0.25, 0.3) is 10.1 Å². The number of hydrogen-bond acceptors (Lipinski definition) is 3. The Hall–Kier alpha value is -0.130. The Labute approximate surface area is 111 Å². The first-order chi connectivity index (χ1) is 8.10. The van der Waals surface area contributed by atoms with E-state index in [2.05, 4.69) is 12.2 Å². The van der Waals surface area contributed by atoms with Crippen molar-refractivity contribution in [3.05, 3.63) is 0 Å². The van der Waals surface area contributed by atoms with Gasteiger partial charge in [-0.1, -0.05) is 40.5 Å². The number of nitrogens with one attached hydrogen (secondary N) is 1. The molecule has 1 aliphatic rings. The lowest BCUT2D eigenvalue weighted by Gasteiger charge is -2.32. The maximum atomic E-state index is 11.4. The van der Waals surface area contributed by atoms with Crippen LogP contribution in [-0.4, -0.2) is 30.8 Å². The van der Waals surface area contributed by atoms with Gasteiger partial charge in [-0.15, -0.1) is 0 Å². The molecular weight excluding hydrogens is 250 g/mol. The van der Waals surface area contributed by atoms with Crippen molar-refractivity contribution in [3.8, 4) is 0 Å². The van der Waals surface area contributed by atoms with Crippen molar-refractivity contribution in [1.29, 1.82) is 0 Å². The topological polar surface area (TPSA) is 66.4 Å². The molecule has 0 spiro atoms. The van der Waals surface area contributed by atoms with Crippen LogP contribution in [-0.2, 0) is 10.1 Å². The Morgan fingerprint density at radius 3 is 2.39 bits per heavy atom. The van der Waals surface area contributed by atoms with E-state index in [1.54, 1.807) is 0 Å². The summed E-state index contributed by atoms with van der Waals surface area (Å²) in [6.07, 6.45) is 4.67. The van der Waals surface area contributed by atoms with Crippen molar-refractivity contribution >= 4 is 10.1 Å². The Bertz CT molecular complexity index is 359. The Morgan fingerprint density at radius 2 is 1.94 bits per heavy atom. The molecule has 0 heterocycles. The highest BCUT2D eigenvalue weighted by Gasteiger charge is 2.35. The van der Waals surface area contributed by atoms with Crippen LogP contribution in [0.15, 0.2) is 0 Å². The first-order valence-corrected chi connectivity index (χ1v) is 8.30. The fourth-order valence-electron chi connectivity index (χ4n) is 2.75. The summed E-state index contributed by atoms with van der Waals surface area (Å²) in [6.45, 7) is 8.10. The van der Waals surface area contributed by atoms with Gasteiger partial charge in [-0.3, -0.25) is 4.55 Å². The van der Waals surface area contributed by atoms with E-state index in [0.29, 0.717) is 18.5 Å². The summed E-state index contributed by atoms with van der Waals surface area (Å²) in [5.41, 5.74) is -0.457. The zero-order valence-electron chi connectivity index (χ0n) is 11.9. The van der Waals surface area contributed by atoms with E-state index in [-0.39, 0.29) is 0 Å². The second-order valence-electron chi connectivity index (χ2n) is 6.75. The van der Waals surface area contributed by atoms with Crippen LogP contribution in [0.3, 0.4) is 0 Å². The molecule has 1 saturated carbocycles. The first-order valence-electron chi connectivity index (χ1n) is 6.80. The van der Waals surface area contributed by atoms with Crippen molar-refractivity contribution in [1.82, 2.24) is 5.32 Å². The molecule has 0 amide bonds. The van der Waals surface area contributed by atoms with Crippen LogP contribution in [0.4, 0.5) is 0 Å². The zero-order valence-corrected chi connectivity index (χ0v) is 12.8. The van der Waals surface area contributed by atoms with Gasteiger partial charge in [0.15, 0.2) is 0 Å². The molecule has 3 unspecified atom stereocenters. The van der Waals surface area contributed by atoms with Crippen LogP contribution >= 0.6 is 0 Å². The molecule has 5 heteroatoms. The van der Waals surface area contributed by atoms with Crippen molar-refractivity contribution in [2.75, 3.05) is 6.54 Å². The molecular formula is C13H27NO3S. The average Bonchev–Trinajstić information content (AvgIpc) is 2.13. The monoisotopic (exact) mass is 277 g/mol. The summed E-state index contributed by atoms with van der Waals surface area (Å²) in [4.78, 5) is 0. The molecule has 0 aliphatic heterocycles. The Morgan fingerprint density at radius 1 is 1.33 bits per heavy atom. The Balaban J connectivity index is 2.58. The molecule has 0 saturated heterocycles. The van der Waals surface area contributed by atoms with Gasteiger partial charge in [-0.05, 0) is 24.2 Å². The first kappa shape index (κ1) is 15.9. The fourth-order valence-corrected chi connectivity index (χ4v) is 3.95. The number of hydrogen-bond donors (Lipinski definition) is 2. The van der Waals surface area contributed by atoms with Gasteiger partial charge in [-0.2, -0.15) is 8.42 Å². The largest absolute Gasteiger partial charge is 0.313 e. The summed E-state index contributed by atoms with van der Waals surface area (Å²) >= 11 is 0. The van der Waals surface area contributed by atoms with Crippen molar-refractivity contribution < 1.29 is 13.0 Å². The van der Waals surface area contributed by atoms with E-state index in [4.69, 9.17) is 0 Å². The molecule has 1 rings (SSSR count). The third-order valence-corrected chi connectivity index (χ3v) is 5.45. The lowest BCUT2D eigenvalue weighted by atomic mass is 9.86. The standard InChI is InChI=1S/C13H27NO3S/c1-10-6-5-7-11(8-10)14-9-12(13(2,3)4)18(15,16)17/h10-12,14H,5-9H2,1-4H3,(H,15,16,17). The van der Waals surface area contributed by atoms with Crippen LogP contribution in [0.5, 0.6) is 0 Å². The van der Waals surface area contributed by atoms with Crippen LogP contribution in [0.1, 0.15) is 53.4 Å². The van der Waals surface area contributed by atoms with E-state index in [9.17, 15) is 13.0 Å². The maximum absolute atomic E-state index is 11.4. The molecule has 0 aromatic carbocycles. The van der Waals surface area contributed by atoms with E-state index >= 15 is 0 Å². The summed E-state index contributed by atoms with van der Waals surface area (Å²) in [7, 11) is -4.00. The third-order valence-electron chi connectivity index (χ3n) is 3.85. The summed E-state index contributed by atoms with van der Waals surface area (Å²) in [5.74, 6) is 0.704. The van der Waals surface area contributed by atoms with Crippen LogP contribution in [0.25, 0.3) is 0 Å². The SMILES string of the molecule is CC1CCCC(NCC(C(C)(C)C)S(=O)(=O)O)C1. The minimum absolute atomic E-state index is 0.333. The number of rotatable bonds is 4. The van der Waals surface area contributed by atoms with Crippen molar-refractivity contribution in [2.45, 2.75) is 64.7 Å². The van der Waals surface area contributed by atoms with E-state index in [1.165, 1.54) is 12.8 Å². The van der Waals surface area contributed by atoms with Gasteiger partial charge < -0.3 is 5.32 Å². The highest BCUT2D eigenvalue weighted by atomic mass is 32.2. The minimum Gasteiger partial charge on any atom is -0.313 e. The second-order valence-corrected chi connectivity index (χ2v) is 8.35. The maximum Gasteiger partial charge on any atom is 0.269 e. The average molecular weight is 277 g/mol. The van der Waals surface area contributed by atoms with Gasteiger partial charge in [0.1, 0.15) is 5.25 Å². The van der Waals surface area contributed by atoms with E-state index < -0.39 is 20.8 Å². The fraction of sp³-hybridized carbons (Fsp3) is 1.00. The molecule has 0 aromatic rings. The van der Waals surface area contributed by atoms with Crippen LogP contribution in [0, 0.1) is 11.3 Å². The smallest absolute Gasteiger partial charge is 0.269 e. The third kappa shape index (κ3) is 4.86. The molecule has 0 aromatic heterocycles. The van der Waals surface area contributed by atoms with Gasteiger partial charge >= 0.3 is 0 Å². The molecule has 3 atom stereocenters. The van der Waals surface area contributed by atoms with Crippen molar-refractivity contribution in [2.24, 2.45) is 11.3 Å². The molecule has 1 fully saturated rings. The van der Waals surface area contributed by atoms with Gasteiger partial charge in [0.2, 0.25) is 0 Å². The molecule has 108 valence electrons. The Kier molecular flexibility index (Phi) is 5.21. The van der Waals surface area contributed by atoms with Gasteiger partial charge in [0, 0.05) is 12.6 Å². The van der Waals surface area contributed by atoms with Crippen molar-refractivity contribution in [3.63, 3.8) is 0 Å². The lowest BCUT2D eigenvalue weighted by Crippen LogP contribution is -2.46. The minimum atomic E-state index is -4.00. The van der Waals surface area contributed by atoms with Gasteiger partial charge in [0.05, 0.1) is 0 Å². The predicted molar refractivity (Wildman–Crippen MR) is 74.2 cm³/mol. The summed E-state index contributed by atoms with van der Waals surface area (Å²) in [5, 5.41) is 2.58. The molecule has 1 aliphatic carbocycles. The van der Waals surface area contributed by atoms with Crippen LogP contribution in [0.2, 0.25) is 0 Å². The highest BCUT2D eigenvalue weighted by Crippen LogP contribution is 2.27. The molecule has 4 nitrogen and oxygen atoms in total. The second kappa shape index (κ2) is 5.88. The molecule has 2 N–H and O–H groups in total. The quantitative estimate of drug-likeness (QED) is 0.775. The molecule has 0 bridgehead atoms. The molecule has 18 heavy (non-hydrogen) atoms. The summed E-state index contributed by atoms with van der Waals surface area (Å²) < 4.78 is 32.2. The highest BCUT2D eigenvalue weighted by molar-refractivity contribution is 7.86. The van der Waals surface area contributed by atoms with E-state index in [0.717, 1.165) is 12.8 Å². The predicted octanol–water partition coefficient (Wildman–Crippen LogP) is 2.46. The zero-order chi connectivity index (χ0) is 14.0. The summed E-state index contributed by atoms with van der Waals surface area (Å²) in [6, 6.07) is 0.389. The van der Waals surface area contributed by atoms with Crippen LogP contribution < -0.4 is 5.32 Å². The van der Waals surface area contributed by atoms with Gasteiger partial charge in [-0.25, -0.2) is 0 Å². The van der Waals surface area contributed by atoms with E-state index in [1.807, 2.05) is 20.8 Å². The lowest BCUT2D eigenvalue weighted by molar-refractivity contribution is 0.279.